The van der Waals surface area contributed by atoms with Crippen molar-refractivity contribution in [3.8, 4) is 0 Å². The van der Waals surface area contributed by atoms with E-state index in [1.165, 1.54) is 51.4 Å². The fraction of sp³-hybridized carbons (Fsp3) is 0.875. The average molecular weight is 252 g/mol. The lowest BCUT2D eigenvalue weighted by molar-refractivity contribution is -0.159. The Morgan fingerprint density at radius 3 is 2.39 bits per heavy atom. The zero-order valence-corrected chi connectivity index (χ0v) is 11.8. The van der Waals surface area contributed by atoms with E-state index in [2.05, 4.69) is 19.1 Å². The van der Waals surface area contributed by atoms with Gasteiger partial charge >= 0.3 is 0 Å². The third kappa shape index (κ3) is 3.58. The molecule has 1 atom stereocenters. The van der Waals surface area contributed by atoms with E-state index in [4.69, 9.17) is 9.47 Å². The van der Waals surface area contributed by atoms with Gasteiger partial charge in [0.05, 0.1) is 13.2 Å². The molecule has 1 spiro atoms. The van der Waals surface area contributed by atoms with Gasteiger partial charge in [-0.2, -0.15) is 0 Å². The molecule has 1 aliphatic heterocycles. The number of hydrogen-bond donors (Lipinski definition) is 0. The Morgan fingerprint density at radius 2 is 1.67 bits per heavy atom. The second-order valence-electron chi connectivity index (χ2n) is 5.62. The lowest BCUT2D eigenvalue weighted by Gasteiger charge is -2.33. The van der Waals surface area contributed by atoms with Crippen molar-refractivity contribution in [1.82, 2.24) is 0 Å². The van der Waals surface area contributed by atoms with Gasteiger partial charge in [0, 0.05) is 5.92 Å². The maximum Gasteiger partial charge on any atom is 0.190 e. The van der Waals surface area contributed by atoms with Gasteiger partial charge in [0.25, 0.3) is 0 Å². The number of ether oxygens (including phenoxy) is 2. The van der Waals surface area contributed by atoms with Crippen molar-refractivity contribution in [3.05, 3.63) is 12.2 Å². The highest BCUT2D eigenvalue weighted by molar-refractivity contribution is 5.01. The van der Waals surface area contributed by atoms with Crippen LogP contribution in [0.15, 0.2) is 12.2 Å². The Kier molecular flexibility index (Phi) is 5.71. The Balaban J connectivity index is 2.05. The fourth-order valence-electron chi connectivity index (χ4n) is 3.21. The molecule has 0 aromatic carbocycles. The van der Waals surface area contributed by atoms with Crippen molar-refractivity contribution < 1.29 is 9.47 Å². The Morgan fingerprint density at radius 1 is 1.00 bits per heavy atom. The van der Waals surface area contributed by atoms with E-state index in [1.54, 1.807) is 0 Å². The molecular formula is C16H28O2. The average Bonchev–Trinajstić information content (AvgIpc) is 2.84. The molecule has 2 heteroatoms. The molecule has 1 heterocycles. The summed E-state index contributed by atoms with van der Waals surface area (Å²) in [6.45, 7) is 3.76. The third-order valence-corrected chi connectivity index (χ3v) is 4.32. The molecule has 18 heavy (non-hydrogen) atoms. The molecule has 2 rings (SSSR count). The minimum Gasteiger partial charge on any atom is -0.344 e. The van der Waals surface area contributed by atoms with Crippen molar-refractivity contribution in [2.75, 3.05) is 13.2 Å². The van der Waals surface area contributed by atoms with E-state index < -0.39 is 5.79 Å². The summed E-state index contributed by atoms with van der Waals surface area (Å²) < 4.78 is 12.0. The van der Waals surface area contributed by atoms with Gasteiger partial charge in [-0.3, -0.25) is 0 Å². The summed E-state index contributed by atoms with van der Waals surface area (Å²) >= 11 is 0. The molecule has 0 radical (unpaired) electrons. The molecule has 0 saturated carbocycles. The van der Waals surface area contributed by atoms with Crippen LogP contribution in [-0.2, 0) is 9.47 Å². The van der Waals surface area contributed by atoms with Crippen LogP contribution in [0.3, 0.4) is 0 Å². The molecule has 1 fully saturated rings. The third-order valence-electron chi connectivity index (χ3n) is 4.32. The zero-order chi connectivity index (χ0) is 12.7. The molecular weight excluding hydrogens is 224 g/mol. The van der Waals surface area contributed by atoms with E-state index in [0.29, 0.717) is 5.92 Å². The maximum atomic E-state index is 5.98. The predicted octanol–water partition coefficient (Wildman–Crippen LogP) is 4.45. The van der Waals surface area contributed by atoms with Crippen LogP contribution in [0.1, 0.15) is 64.7 Å². The van der Waals surface area contributed by atoms with Gasteiger partial charge < -0.3 is 9.47 Å². The van der Waals surface area contributed by atoms with E-state index in [0.717, 1.165) is 19.6 Å². The lowest BCUT2D eigenvalue weighted by Crippen LogP contribution is -2.37. The van der Waals surface area contributed by atoms with E-state index in [-0.39, 0.29) is 0 Å². The lowest BCUT2D eigenvalue weighted by atomic mass is 9.88. The van der Waals surface area contributed by atoms with Crippen molar-refractivity contribution in [2.24, 2.45) is 5.92 Å². The summed E-state index contributed by atoms with van der Waals surface area (Å²) in [5, 5.41) is 0. The van der Waals surface area contributed by atoms with Crippen LogP contribution in [0.5, 0.6) is 0 Å². The highest BCUT2D eigenvalue weighted by atomic mass is 16.7. The van der Waals surface area contributed by atoms with E-state index in [1.807, 2.05) is 0 Å². The van der Waals surface area contributed by atoms with Crippen LogP contribution in [0.2, 0.25) is 0 Å². The first-order valence-electron chi connectivity index (χ1n) is 7.83. The molecule has 0 bridgehead atoms. The maximum absolute atomic E-state index is 5.98. The number of allylic oxidation sites excluding steroid dienone is 1. The van der Waals surface area contributed by atoms with Crippen LogP contribution in [0.25, 0.3) is 0 Å². The van der Waals surface area contributed by atoms with Crippen molar-refractivity contribution >= 4 is 0 Å². The molecule has 2 nitrogen and oxygen atoms in total. The molecule has 1 unspecified atom stereocenters. The predicted molar refractivity (Wildman–Crippen MR) is 74.5 cm³/mol. The van der Waals surface area contributed by atoms with Gasteiger partial charge in [-0.05, 0) is 31.8 Å². The number of rotatable bonds is 1. The topological polar surface area (TPSA) is 18.5 Å². The second-order valence-corrected chi connectivity index (χ2v) is 5.62. The second kappa shape index (κ2) is 7.30. The Hall–Kier alpha value is -0.340. The summed E-state index contributed by atoms with van der Waals surface area (Å²) in [5.41, 5.74) is 0. The smallest absolute Gasteiger partial charge is 0.190 e. The van der Waals surface area contributed by atoms with Crippen molar-refractivity contribution in [1.29, 1.82) is 0 Å². The van der Waals surface area contributed by atoms with Gasteiger partial charge in [-0.15, -0.1) is 0 Å². The van der Waals surface area contributed by atoms with Crippen LogP contribution in [0, 0.1) is 5.92 Å². The van der Waals surface area contributed by atoms with Gasteiger partial charge in [0.2, 0.25) is 0 Å². The molecule has 0 N–H and O–H groups in total. The highest BCUT2D eigenvalue weighted by Gasteiger charge is 2.40. The summed E-state index contributed by atoms with van der Waals surface area (Å²) in [4.78, 5) is 0. The zero-order valence-electron chi connectivity index (χ0n) is 11.8. The van der Waals surface area contributed by atoms with Crippen LogP contribution in [-0.4, -0.2) is 19.0 Å². The molecule has 0 aromatic rings. The Bertz CT molecular complexity index is 254. The van der Waals surface area contributed by atoms with Crippen LogP contribution < -0.4 is 0 Å². The van der Waals surface area contributed by atoms with E-state index >= 15 is 0 Å². The largest absolute Gasteiger partial charge is 0.344 e. The SMILES string of the molecule is CCC1CCCCCCCC/C=C/C12OCCO2. The monoisotopic (exact) mass is 252 g/mol. The standard InChI is InChI=1S/C16H28O2/c1-2-15-11-9-7-5-3-4-6-8-10-12-16(15)17-13-14-18-16/h10,12,15H,2-9,11,13-14H2,1H3/b12-10+. The summed E-state index contributed by atoms with van der Waals surface area (Å²) in [6.07, 6.45) is 16.2. The van der Waals surface area contributed by atoms with Crippen LogP contribution >= 0.6 is 0 Å². The minimum atomic E-state index is -0.395. The summed E-state index contributed by atoms with van der Waals surface area (Å²) in [5.74, 6) is 0.129. The van der Waals surface area contributed by atoms with Gasteiger partial charge in [-0.25, -0.2) is 0 Å². The molecule has 1 aliphatic carbocycles. The number of hydrogen-bond acceptors (Lipinski definition) is 2. The molecule has 104 valence electrons. The normalized spacial score (nSPS) is 31.7. The van der Waals surface area contributed by atoms with Crippen molar-refractivity contribution in [2.45, 2.75) is 70.5 Å². The van der Waals surface area contributed by atoms with Gasteiger partial charge in [-0.1, -0.05) is 45.1 Å². The van der Waals surface area contributed by atoms with Crippen LogP contribution in [0.4, 0.5) is 0 Å². The minimum absolute atomic E-state index is 0.395. The Labute approximate surface area is 112 Å². The first kappa shape index (κ1) is 14.1. The quantitative estimate of drug-likeness (QED) is 0.642. The first-order valence-corrected chi connectivity index (χ1v) is 7.83. The summed E-state index contributed by atoms with van der Waals surface area (Å²) in [6, 6.07) is 0. The highest BCUT2D eigenvalue weighted by Crippen LogP contribution is 2.36. The first-order chi connectivity index (χ1) is 8.87. The van der Waals surface area contributed by atoms with E-state index in [9.17, 15) is 0 Å². The van der Waals surface area contributed by atoms with Gasteiger partial charge in [0.1, 0.15) is 0 Å². The fourth-order valence-corrected chi connectivity index (χ4v) is 3.21. The molecule has 0 aromatic heterocycles. The van der Waals surface area contributed by atoms with Crippen molar-refractivity contribution in [3.63, 3.8) is 0 Å². The molecule has 2 aliphatic rings. The van der Waals surface area contributed by atoms with Gasteiger partial charge in [0.15, 0.2) is 5.79 Å². The molecule has 0 amide bonds. The summed E-state index contributed by atoms with van der Waals surface area (Å²) in [7, 11) is 0. The molecule has 1 saturated heterocycles.